The minimum absolute atomic E-state index is 0.143. The maximum atomic E-state index is 12.8. The van der Waals surface area contributed by atoms with E-state index in [1.807, 2.05) is 24.3 Å². The number of hydrogen-bond acceptors (Lipinski definition) is 6. The molecule has 0 N–H and O–H groups in total. The predicted octanol–water partition coefficient (Wildman–Crippen LogP) is 19.0. The fourth-order valence-electron chi connectivity index (χ4n) is 6.90. The molecule has 0 saturated heterocycles. The molecule has 6 heteroatoms. The molecule has 0 aliphatic heterocycles. The first-order chi connectivity index (χ1) is 35.0. The van der Waals surface area contributed by atoms with Crippen LogP contribution in [0.5, 0.6) is 0 Å². The summed E-state index contributed by atoms with van der Waals surface area (Å²) in [4.78, 5) is 38.1. The van der Waals surface area contributed by atoms with Crippen molar-refractivity contribution in [2.75, 3.05) is 13.2 Å². The van der Waals surface area contributed by atoms with Gasteiger partial charge < -0.3 is 14.2 Å². The minimum atomic E-state index is -0.860. The Hall–Kier alpha value is -4.97. The summed E-state index contributed by atoms with van der Waals surface area (Å²) in [5.74, 6) is -1.13. The van der Waals surface area contributed by atoms with E-state index in [1.54, 1.807) is 0 Å². The van der Waals surface area contributed by atoms with Gasteiger partial charge in [-0.2, -0.15) is 0 Å². The molecule has 0 heterocycles. The normalized spacial score (nSPS) is 13.3. The van der Waals surface area contributed by atoms with Crippen molar-refractivity contribution in [1.82, 2.24) is 0 Å². The Morgan fingerprint density at radius 1 is 0.296 bits per heavy atom. The van der Waals surface area contributed by atoms with Gasteiger partial charge in [0.05, 0.1) is 0 Å². The standard InChI is InChI=1S/C65H100O6/c1-4-7-10-13-16-19-22-25-28-30-32-34-37-40-43-46-49-52-55-58-64(67)70-61-62(60-69-63(66)57-54-51-48-45-42-39-36-27-24-21-18-15-12-9-6-3)71-65(68)59-56-53-50-47-44-41-38-35-33-31-29-26-23-20-17-14-11-8-5-2/h7-8,10-11,16-17,19-20,25-29,32-36,40-41,43-44,49-50,52-53,62H,4-6,9,12-15,18,21-24,30-31,37-39,42,45-48,51,54-61H2,1-3H3/b10-7-,11-8-,19-16-,20-17-,28-25-,29-26-,34-32-,35-33-,36-27-,43-40-,44-41-,52-49-,53-50-. The first-order valence-corrected chi connectivity index (χ1v) is 28.0. The van der Waals surface area contributed by atoms with Gasteiger partial charge in [-0.1, -0.05) is 230 Å². The van der Waals surface area contributed by atoms with Gasteiger partial charge in [0.25, 0.3) is 0 Å². The molecule has 71 heavy (non-hydrogen) atoms. The average molecular weight is 978 g/mol. The lowest BCUT2D eigenvalue weighted by Crippen LogP contribution is -2.30. The van der Waals surface area contributed by atoms with Gasteiger partial charge in [0, 0.05) is 19.3 Å². The Balaban J connectivity index is 4.66. The monoisotopic (exact) mass is 977 g/mol. The third kappa shape index (κ3) is 55.8. The van der Waals surface area contributed by atoms with Gasteiger partial charge in [-0.3, -0.25) is 14.4 Å². The number of carbonyl (C=O) groups excluding carboxylic acids is 3. The Morgan fingerprint density at radius 3 is 0.944 bits per heavy atom. The van der Waals surface area contributed by atoms with Crippen molar-refractivity contribution in [3.8, 4) is 0 Å². The number of allylic oxidation sites excluding steroid dienone is 26. The smallest absolute Gasteiger partial charge is 0.306 e. The maximum absolute atomic E-state index is 12.8. The van der Waals surface area contributed by atoms with E-state index >= 15 is 0 Å². The lowest BCUT2D eigenvalue weighted by atomic mass is 10.1. The Bertz CT molecular complexity index is 1640. The quantitative estimate of drug-likeness (QED) is 0.0262. The summed E-state index contributed by atoms with van der Waals surface area (Å²) in [5, 5.41) is 0. The second kappa shape index (κ2) is 57.6. The van der Waals surface area contributed by atoms with Gasteiger partial charge in [-0.15, -0.1) is 0 Å². The molecule has 0 aromatic heterocycles. The highest BCUT2D eigenvalue weighted by molar-refractivity contribution is 5.71. The van der Waals surface area contributed by atoms with Crippen LogP contribution in [0.2, 0.25) is 0 Å². The van der Waals surface area contributed by atoms with Gasteiger partial charge in [-0.05, 0) is 122 Å². The van der Waals surface area contributed by atoms with E-state index in [0.29, 0.717) is 19.3 Å². The zero-order valence-corrected chi connectivity index (χ0v) is 45.2. The molecule has 0 saturated carbocycles. The molecule has 0 aromatic rings. The van der Waals surface area contributed by atoms with Crippen LogP contribution in [-0.2, 0) is 28.6 Å². The number of carbonyl (C=O) groups is 3. The fourth-order valence-corrected chi connectivity index (χ4v) is 6.90. The molecule has 0 aliphatic carbocycles. The van der Waals surface area contributed by atoms with Crippen molar-refractivity contribution in [2.24, 2.45) is 0 Å². The highest BCUT2D eigenvalue weighted by Gasteiger charge is 2.19. The highest BCUT2D eigenvalue weighted by atomic mass is 16.6. The summed E-state index contributed by atoms with van der Waals surface area (Å²) in [7, 11) is 0. The van der Waals surface area contributed by atoms with Gasteiger partial charge >= 0.3 is 17.9 Å². The molecular formula is C65H100O6. The van der Waals surface area contributed by atoms with E-state index in [2.05, 4.69) is 154 Å². The lowest BCUT2D eigenvalue weighted by molar-refractivity contribution is -0.166. The number of ether oxygens (including phenoxy) is 3. The van der Waals surface area contributed by atoms with E-state index in [4.69, 9.17) is 14.2 Å². The van der Waals surface area contributed by atoms with Crippen molar-refractivity contribution in [2.45, 2.75) is 219 Å². The van der Waals surface area contributed by atoms with Gasteiger partial charge in [-0.25, -0.2) is 0 Å². The molecule has 0 fully saturated rings. The lowest BCUT2D eigenvalue weighted by Gasteiger charge is -2.18. The van der Waals surface area contributed by atoms with E-state index in [-0.39, 0.29) is 38.0 Å². The SMILES string of the molecule is CC/C=C\C/C=C\C/C=C\C/C=C\C/C=C\C/C=C\CCC(=O)OCC(COC(=O)CCCCCCC/C=C\CCCCCCCC)OC(=O)CC/C=C\C/C=C\C/C=C\C/C=C\C/C=C\C/C=C\CC. The predicted molar refractivity (Wildman–Crippen MR) is 306 cm³/mol. The summed E-state index contributed by atoms with van der Waals surface area (Å²) >= 11 is 0. The molecule has 0 radical (unpaired) electrons. The van der Waals surface area contributed by atoms with Crippen LogP contribution < -0.4 is 0 Å². The van der Waals surface area contributed by atoms with Crippen molar-refractivity contribution in [3.63, 3.8) is 0 Å². The van der Waals surface area contributed by atoms with E-state index in [9.17, 15) is 14.4 Å². The molecule has 6 nitrogen and oxygen atoms in total. The molecular weight excluding hydrogens is 877 g/mol. The summed E-state index contributed by atoms with van der Waals surface area (Å²) < 4.78 is 16.7. The van der Waals surface area contributed by atoms with Crippen LogP contribution in [0.25, 0.3) is 0 Å². The second-order valence-electron chi connectivity index (χ2n) is 17.7. The third-order valence-electron chi connectivity index (χ3n) is 11.0. The number of unbranched alkanes of at least 4 members (excludes halogenated alkanes) is 11. The van der Waals surface area contributed by atoms with Crippen molar-refractivity contribution in [1.29, 1.82) is 0 Å². The van der Waals surface area contributed by atoms with E-state index < -0.39 is 12.1 Å². The molecule has 0 spiro atoms. The topological polar surface area (TPSA) is 78.9 Å². The molecule has 1 atom stereocenters. The van der Waals surface area contributed by atoms with Gasteiger partial charge in [0.2, 0.25) is 0 Å². The average Bonchev–Trinajstić information content (AvgIpc) is 3.37. The van der Waals surface area contributed by atoms with Crippen LogP contribution >= 0.6 is 0 Å². The molecule has 0 bridgehead atoms. The Kier molecular flexibility index (Phi) is 53.6. The summed E-state index contributed by atoms with van der Waals surface area (Å²) in [5.41, 5.74) is 0. The fraction of sp³-hybridized carbons (Fsp3) is 0.554. The molecule has 396 valence electrons. The third-order valence-corrected chi connectivity index (χ3v) is 11.0. The number of esters is 3. The van der Waals surface area contributed by atoms with Crippen LogP contribution in [0.3, 0.4) is 0 Å². The highest BCUT2D eigenvalue weighted by Crippen LogP contribution is 2.12. The molecule has 0 aliphatic rings. The van der Waals surface area contributed by atoms with Crippen LogP contribution in [0.1, 0.15) is 213 Å². The Morgan fingerprint density at radius 2 is 0.577 bits per heavy atom. The van der Waals surface area contributed by atoms with Crippen LogP contribution in [0.4, 0.5) is 0 Å². The largest absolute Gasteiger partial charge is 0.462 e. The van der Waals surface area contributed by atoms with E-state index in [0.717, 1.165) is 109 Å². The van der Waals surface area contributed by atoms with Crippen LogP contribution in [-0.4, -0.2) is 37.2 Å². The zero-order chi connectivity index (χ0) is 51.4. The first-order valence-electron chi connectivity index (χ1n) is 28.0. The van der Waals surface area contributed by atoms with Crippen LogP contribution in [0.15, 0.2) is 158 Å². The maximum Gasteiger partial charge on any atom is 0.306 e. The first kappa shape index (κ1) is 66.0. The van der Waals surface area contributed by atoms with Crippen molar-refractivity contribution < 1.29 is 28.6 Å². The number of rotatable bonds is 48. The van der Waals surface area contributed by atoms with Crippen molar-refractivity contribution in [3.05, 3.63) is 158 Å². The number of hydrogen-bond donors (Lipinski definition) is 0. The zero-order valence-electron chi connectivity index (χ0n) is 45.2. The second-order valence-corrected chi connectivity index (χ2v) is 17.7. The van der Waals surface area contributed by atoms with Gasteiger partial charge in [0.1, 0.15) is 13.2 Å². The Labute approximate surface area is 435 Å². The van der Waals surface area contributed by atoms with E-state index in [1.165, 1.54) is 51.4 Å². The summed E-state index contributed by atoms with van der Waals surface area (Å²) in [6.45, 7) is 6.25. The molecule has 0 rings (SSSR count). The molecule has 0 amide bonds. The molecule has 1 unspecified atom stereocenters. The summed E-state index contributed by atoms with van der Waals surface area (Å²) in [6, 6.07) is 0. The molecule has 0 aromatic carbocycles. The summed E-state index contributed by atoms with van der Waals surface area (Å²) in [6.07, 6.45) is 84.0. The van der Waals surface area contributed by atoms with Gasteiger partial charge in [0.15, 0.2) is 6.10 Å². The van der Waals surface area contributed by atoms with Crippen molar-refractivity contribution >= 4 is 17.9 Å². The van der Waals surface area contributed by atoms with Crippen LogP contribution in [0, 0.1) is 0 Å². The minimum Gasteiger partial charge on any atom is -0.462 e.